The van der Waals surface area contributed by atoms with Crippen LogP contribution in [0.25, 0.3) is 22.3 Å². The van der Waals surface area contributed by atoms with E-state index in [1.807, 2.05) is 36.4 Å². The van der Waals surface area contributed by atoms with Gasteiger partial charge in [0, 0.05) is 16.7 Å². The van der Waals surface area contributed by atoms with Gasteiger partial charge in [0.15, 0.2) is 0 Å². The van der Waals surface area contributed by atoms with Gasteiger partial charge >= 0.3 is 0 Å². The molecule has 3 aromatic carbocycles. The summed E-state index contributed by atoms with van der Waals surface area (Å²) >= 11 is 0. The molecule has 2 heteroatoms. The van der Waals surface area contributed by atoms with Crippen molar-refractivity contribution < 1.29 is 9.53 Å². The molecule has 120 valence electrons. The number of rotatable bonds is 4. The van der Waals surface area contributed by atoms with E-state index < -0.39 is 0 Å². The third kappa shape index (κ3) is 2.83. The molecule has 0 amide bonds. The third-order valence-corrected chi connectivity index (χ3v) is 4.32. The van der Waals surface area contributed by atoms with E-state index in [1.54, 1.807) is 7.11 Å². The number of hydrogen-bond donors (Lipinski definition) is 0. The van der Waals surface area contributed by atoms with Crippen molar-refractivity contribution in [2.24, 2.45) is 0 Å². The Balaban J connectivity index is 2.35. The Morgan fingerprint density at radius 2 is 1.21 bits per heavy atom. The van der Waals surface area contributed by atoms with E-state index in [9.17, 15) is 4.79 Å². The van der Waals surface area contributed by atoms with Gasteiger partial charge in [-0.25, -0.2) is 0 Å². The molecule has 0 spiro atoms. The number of ether oxygens (including phenoxy) is 1. The molecule has 0 bridgehead atoms. The lowest BCUT2D eigenvalue weighted by molar-refractivity contribution is 0.112. The molecule has 0 N–H and O–H groups in total. The van der Waals surface area contributed by atoms with Gasteiger partial charge in [0.25, 0.3) is 0 Å². The molecule has 2 nitrogen and oxygen atoms in total. The Kier molecular flexibility index (Phi) is 4.48. The average molecular weight is 316 g/mol. The van der Waals surface area contributed by atoms with Gasteiger partial charge in [0.1, 0.15) is 12.0 Å². The van der Waals surface area contributed by atoms with Crippen LogP contribution in [0.5, 0.6) is 5.75 Å². The van der Waals surface area contributed by atoms with Gasteiger partial charge in [-0.1, -0.05) is 48.5 Å². The van der Waals surface area contributed by atoms with E-state index in [-0.39, 0.29) is 0 Å². The highest BCUT2D eigenvalue weighted by Gasteiger charge is 2.17. The van der Waals surface area contributed by atoms with Crippen molar-refractivity contribution in [2.45, 2.75) is 13.8 Å². The highest BCUT2D eigenvalue weighted by atomic mass is 16.5. The summed E-state index contributed by atoms with van der Waals surface area (Å²) in [6.45, 7) is 4.13. The summed E-state index contributed by atoms with van der Waals surface area (Å²) in [5.41, 5.74) is 6.98. The van der Waals surface area contributed by atoms with Crippen molar-refractivity contribution in [1.29, 1.82) is 0 Å². The first-order chi connectivity index (χ1) is 11.7. The zero-order chi connectivity index (χ0) is 17.1. The molecule has 0 radical (unpaired) electrons. The van der Waals surface area contributed by atoms with E-state index in [1.165, 1.54) is 0 Å². The van der Waals surface area contributed by atoms with Crippen molar-refractivity contribution in [3.8, 4) is 28.0 Å². The summed E-state index contributed by atoms with van der Waals surface area (Å²) < 4.78 is 5.78. The minimum absolute atomic E-state index is 0.646. The van der Waals surface area contributed by atoms with Gasteiger partial charge in [-0.15, -0.1) is 0 Å². The summed E-state index contributed by atoms with van der Waals surface area (Å²) in [5.74, 6) is 0.796. The van der Waals surface area contributed by atoms with Crippen LogP contribution in [-0.2, 0) is 0 Å². The van der Waals surface area contributed by atoms with Gasteiger partial charge in [0.05, 0.1) is 7.11 Å². The van der Waals surface area contributed by atoms with Crippen LogP contribution >= 0.6 is 0 Å². The summed E-state index contributed by atoms with van der Waals surface area (Å²) in [6, 6.07) is 20.1. The summed E-state index contributed by atoms with van der Waals surface area (Å²) in [7, 11) is 1.68. The lowest BCUT2D eigenvalue weighted by Crippen LogP contribution is -1.97. The molecule has 3 aromatic rings. The largest absolute Gasteiger partial charge is 0.495 e. The molecule has 0 unspecified atom stereocenters. The number of methoxy groups -OCH3 is 1. The Morgan fingerprint density at radius 1 is 0.750 bits per heavy atom. The topological polar surface area (TPSA) is 26.3 Å². The third-order valence-electron chi connectivity index (χ3n) is 4.32. The number of aryl methyl sites for hydroxylation is 2. The number of carbonyl (C=O) groups is 1. The van der Waals surface area contributed by atoms with Crippen LogP contribution < -0.4 is 4.74 Å². The van der Waals surface area contributed by atoms with Crippen LogP contribution in [-0.4, -0.2) is 13.4 Å². The maximum absolute atomic E-state index is 11.5. The van der Waals surface area contributed by atoms with Crippen LogP contribution in [0, 0.1) is 13.8 Å². The number of hydrogen-bond acceptors (Lipinski definition) is 2. The van der Waals surface area contributed by atoms with Crippen molar-refractivity contribution in [2.75, 3.05) is 7.11 Å². The summed E-state index contributed by atoms with van der Waals surface area (Å²) in [5, 5.41) is 0. The maximum Gasteiger partial charge on any atom is 0.150 e. The number of aldehydes is 1. The predicted octanol–water partition coefficient (Wildman–Crippen LogP) is 5.46. The second-order valence-electron chi connectivity index (χ2n) is 5.90. The normalized spacial score (nSPS) is 10.5. The van der Waals surface area contributed by atoms with Crippen molar-refractivity contribution in [3.63, 3.8) is 0 Å². The second-order valence-corrected chi connectivity index (χ2v) is 5.90. The molecule has 0 saturated heterocycles. The molecule has 0 heterocycles. The van der Waals surface area contributed by atoms with Crippen LogP contribution in [0.3, 0.4) is 0 Å². The molecule has 3 rings (SSSR count). The zero-order valence-electron chi connectivity index (χ0n) is 14.2. The molecule has 0 fully saturated rings. The second kappa shape index (κ2) is 6.71. The number of carbonyl (C=O) groups excluding carboxylic acids is 1. The van der Waals surface area contributed by atoms with E-state index in [2.05, 4.69) is 38.1 Å². The first-order valence-corrected chi connectivity index (χ1v) is 7.95. The molecule has 0 saturated carbocycles. The highest BCUT2D eigenvalue weighted by Crippen LogP contribution is 2.41. The van der Waals surface area contributed by atoms with Crippen molar-refractivity contribution in [1.82, 2.24) is 0 Å². The Labute approximate surface area is 142 Å². The molecule has 0 aliphatic rings. The lowest BCUT2D eigenvalue weighted by atomic mass is 9.91. The minimum Gasteiger partial charge on any atom is -0.495 e. The first-order valence-electron chi connectivity index (χ1n) is 7.95. The molecule has 0 aliphatic carbocycles. The Hall–Kier alpha value is -2.87. The predicted molar refractivity (Wildman–Crippen MR) is 98.7 cm³/mol. The maximum atomic E-state index is 11.5. The van der Waals surface area contributed by atoms with Crippen LogP contribution in [0.2, 0.25) is 0 Å². The monoisotopic (exact) mass is 316 g/mol. The van der Waals surface area contributed by atoms with Crippen LogP contribution in [0.15, 0.2) is 60.7 Å². The van der Waals surface area contributed by atoms with E-state index in [4.69, 9.17) is 4.74 Å². The molecule has 24 heavy (non-hydrogen) atoms. The average Bonchev–Trinajstić information content (AvgIpc) is 2.61. The van der Waals surface area contributed by atoms with Gasteiger partial charge in [-0.05, 0) is 48.2 Å². The quantitative estimate of drug-likeness (QED) is 0.598. The molecule has 0 aliphatic heterocycles. The van der Waals surface area contributed by atoms with Gasteiger partial charge < -0.3 is 4.74 Å². The van der Waals surface area contributed by atoms with Gasteiger partial charge in [-0.3, -0.25) is 4.79 Å². The number of benzene rings is 3. The molecular formula is C22H20O2. The fourth-order valence-electron chi connectivity index (χ4n) is 3.09. The summed E-state index contributed by atoms with van der Waals surface area (Å²) in [6.07, 6.45) is 0.892. The van der Waals surface area contributed by atoms with Gasteiger partial charge in [-0.2, -0.15) is 0 Å². The first kappa shape index (κ1) is 16.0. The SMILES string of the molecule is COc1c(-c2ccccc2C)cc(C=O)cc1-c1ccccc1C. The Bertz CT molecular complexity index is 827. The van der Waals surface area contributed by atoms with Crippen molar-refractivity contribution in [3.05, 3.63) is 77.4 Å². The smallest absolute Gasteiger partial charge is 0.150 e. The fraction of sp³-hybridized carbons (Fsp3) is 0.136. The standard InChI is InChI=1S/C22H20O2/c1-15-8-4-6-10-18(15)20-12-17(14-23)13-21(22(20)24-3)19-11-7-5-9-16(19)2/h4-14H,1-3H3. The highest BCUT2D eigenvalue weighted by molar-refractivity contribution is 5.90. The molecule has 0 aromatic heterocycles. The van der Waals surface area contributed by atoms with Gasteiger partial charge in [0.2, 0.25) is 0 Å². The zero-order valence-corrected chi connectivity index (χ0v) is 14.2. The molecule has 0 atom stereocenters. The van der Waals surface area contributed by atoms with E-state index >= 15 is 0 Å². The minimum atomic E-state index is 0.646. The van der Waals surface area contributed by atoms with E-state index in [0.717, 1.165) is 45.4 Å². The lowest BCUT2D eigenvalue weighted by Gasteiger charge is -2.17. The van der Waals surface area contributed by atoms with Crippen LogP contribution in [0.1, 0.15) is 21.5 Å². The van der Waals surface area contributed by atoms with E-state index in [0.29, 0.717) is 5.56 Å². The summed E-state index contributed by atoms with van der Waals surface area (Å²) in [4.78, 5) is 11.5. The fourth-order valence-corrected chi connectivity index (χ4v) is 3.09. The van der Waals surface area contributed by atoms with Crippen molar-refractivity contribution >= 4 is 6.29 Å². The molecular weight excluding hydrogens is 296 g/mol. The van der Waals surface area contributed by atoms with Crippen LogP contribution in [0.4, 0.5) is 0 Å². The Morgan fingerprint density at radius 3 is 1.58 bits per heavy atom.